The molecule has 0 fully saturated rings. The Morgan fingerprint density at radius 1 is 1.21 bits per heavy atom. The summed E-state index contributed by atoms with van der Waals surface area (Å²) in [5.74, 6) is 0.486. The fourth-order valence-corrected chi connectivity index (χ4v) is 1.82. The van der Waals surface area contributed by atoms with Crippen LogP contribution in [0.4, 0.5) is 0 Å². The first kappa shape index (κ1) is 13.3. The van der Waals surface area contributed by atoms with Crippen LogP contribution in [0.1, 0.15) is 29.2 Å². The molecule has 0 saturated carbocycles. The van der Waals surface area contributed by atoms with E-state index in [4.69, 9.17) is 9.52 Å². The van der Waals surface area contributed by atoms with Crippen molar-refractivity contribution in [1.29, 1.82) is 0 Å². The van der Waals surface area contributed by atoms with Crippen LogP contribution in [-0.2, 0) is 24.1 Å². The van der Waals surface area contributed by atoms with E-state index in [-0.39, 0.29) is 6.42 Å². The van der Waals surface area contributed by atoms with Gasteiger partial charge in [-0.3, -0.25) is 4.79 Å². The van der Waals surface area contributed by atoms with E-state index in [1.165, 1.54) is 11.1 Å². The zero-order valence-electron chi connectivity index (χ0n) is 10.9. The van der Waals surface area contributed by atoms with Gasteiger partial charge in [0.15, 0.2) is 5.89 Å². The molecule has 1 N–H and O–H groups in total. The predicted octanol–water partition coefficient (Wildman–Crippen LogP) is 2.79. The Kier molecular flexibility index (Phi) is 4.34. The molecule has 2 rings (SSSR count). The molecule has 0 aliphatic carbocycles. The second kappa shape index (κ2) is 6.18. The van der Waals surface area contributed by atoms with Crippen LogP contribution in [0, 0.1) is 6.92 Å². The topological polar surface area (TPSA) is 63.3 Å². The fourth-order valence-electron chi connectivity index (χ4n) is 1.82. The van der Waals surface area contributed by atoms with Crippen LogP contribution in [0.25, 0.3) is 0 Å². The van der Waals surface area contributed by atoms with Gasteiger partial charge in [-0.2, -0.15) is 0 Å². The van der Waals surface area contributed by atoms with Crippen molar-refractivity contribution in [2.75, 3.05) is 0 Å². The molecule has 0 spiro atoms. The molecule has 0 unspecified atom stereocenters. The molecule has 0 amide bonds. The van der Waals surface area contributed by atoms with E-state index >= 15 is 0 Å². The number of oxazole rings is 1. The van der Waals surface area contributed by atoms with Crippen molar-refractivity contribution >= 4 is 5.97 Å². The summed E-state index contributed by atoms with van der Waals surface area (Å²) in [6, 6.07) is 8.37. The molecule has 100 valence electrons. The number of hydrogen-bond acceptors (Lipinski definition) is 3. The smallest absolute Gasteiger partial charge is 0.303 e. The number of nitrogens with zero attached hydrogens (tertiary/aromatic N) is 1. The molecule has 1 heterocycles. The van der Waals surface area contributed by atoms with Crippen LogP contribution in [0.5, 0.6) is 0 Å². The average molecular weight is 259 g/mol. The Morgan fingerprint density at radius 2 is 1.95 bits per heavy atom. The first-order valence-corrected chi connectivity index (χ1v) is 6.34. The number of aromatic nitrogens is 1. The minimum atomic E-state index is -0.822. The highest BCUT2D eigenvalue weighted by molar-refractivity contribution is 5.66. The molecule has 19 heavy (non-hydrogen) atoms. The minimum Gasteiger partial charge on any atom is -0.481 e. The molecular formula is C15H17NO3. The van der Waals surface area contributed by atoms with Crippen molar-refractivity contribution in [2.45, 2.75) is 32.6 Å². The standard InChI is InChI=1S/C15H17NO3/c1-11-2-4-12(5-3-11)6-8-14-16-10-13(19-14)7-9-15(17)18/h2-5,10H,6-9H2,1H3,(H,17,18). The largest absolute Gasteiger partial charge is 0.481 e. The summed E-state index contributed by atoms with van der Waals surface area (Å²) in [5.41, 5.74) is 2.49. The number of carboxylic acids is 1. The average Bonchev–Trinajstić information content (AvgIpc) is 2.84. The third kappa shape index (κ3) is 4.25. The van der Waals surface area contributed by atoms with E-state index < -0.39 is 5.97 Å². The first-order chi connectivity index (χ1) is 9.13. The van der Waals surface area contributed by atoms with Crippen molar-refractivity contribution in [3.8, 4) is 0 Å². The van der Waals surface area contributed by atoms with Gasteiger partial charge in [0, 0.05) is 12.8 Å². The number of aryl methyl sites for hydroxylation is 4. The molecule has 1 aromatic heterocycles. The molecule has 0 bridgehead atoms. The summed E-state index contributed by atoms with van der Waals surface area (Å²) < 4.78 is 5.51. The van der Waals surface area contributed by atoms with Gasteiger partial charge in [0.2, 0.25) is 0 Å². The normalized spacial score (nSPS) is 10.6. The number of carboxylic acid groups (broad SMARTS) is 1. The minimum absolute atomic E-state index is 0.0760. The summed E-state index contributed by atoms with van der Waals surface area (Å²) in [6.07, 6.45) is 3.70. The van der Waals surface area contributed by atoms with Gasteiger partial charge in [-0.25, -0.2) is 4.98 Å². The third-order valence-corrected chi connectivity index (χ3v) is 2.93. The number of hydrogen-bond donors (Lipinski definition) is 1. The molecule has 2 aromatic rings. The second-order valence-corrected chi connectivity index (χ2v) is 4.60. The van der Waals surface area contributed by atoms with Crippen LogP contribution in [-0.4, -0.2) is 16.1 Å². The highest BCUT2D eigenvalue weighted by atomic mass is 16.4. The van der Waals surface area contributed by atoms with Gasteiger partial charge in [-0.05, 0) is 18.9 Å². The Labute approximate surface area is 112 Å². The van der Waals surface area contributed by atoms with E-state index in [1.807, 2.05) is 0 Å². The molecule has 0 aliphatic heterocycles. The molecule has 1 aromatic carbocycles. The lowest BCUT2D eigenvalue weighted by Crippen LogP contribution is -1.96. The third-order valence-electron chi connectivity index (χ3n) is 2.93. The monoisotopic (exact) mass is 259 g/mol. The summed E-state index contributed by atoms with van der Waals surface area (Å²) in [5, 5.41) is 8.59. The molecule has 0 saturated heterocycles. The van der Waals surface area contributed by atoms with E-state index in [2.05, 4.69) is 36.2 Å². The SMILES string of the molecule is Cc1ccc(CCc2ncc(CCC(=O)O)o2)cc1. The molecular weight excluding hydrogens is 242 g/mol. The Morgan fingerprint density at radius 3 is 2.63 bits per heavy atom. The Balaban J connectivity index is 1.86. The lowest BCUT2D eigenvalue weighted by molar-refractivity contribution is -0.137. The van der Waals surface area contributed by atoms with Crippen molar-refractivity contribution in [3.63, 3.8) is 0 Å². The van der Waals surface area contributed by atoms with Gasteiger partial charge in [0.1, 0.15) is 5.76 Å². The molecule has 0 aliphatic rings. The summed E-state index contributed by atoms with van der Waals surface area (Å²) in [4.78, 5) is 14.6. The van der Waals surface area contributed by atoms with E-state index in [1.54, 1.807) is 6.20 Å². The van der Waals surface area contributed by atoms with Gasteiger partial charge in [0.25, 0.3) is 0 Å². The maximum atomic E-state index is 10.5. The van der Waals surface area contributed by atoms with Gasteiger partial charge < -0.3 is 9.52 Å². The second-order valence-electron chi connectivity index (χ2n) is 4.60. The van der Waals surface area contributed by atoms with Crippen molar-refractivity contribution in [2.24, 2.45) is 0 Å². The van der Waals surface area contributed by atoms with Crippen LogP contribution >= 0.6 is 0 Å². The van der Waals surface area contributed by atoms with Crippen molar-refractivity contribution in [1.82, 2.24) is 4.98 Å². The molecule has 0 atom stereocenters. The Hall–Kier alpha value is -2.10. The molecule has 4 heteroatoms. The summed E-state index contributed by atoms with van der Waals surface area (Å²) in [6.45, 7) is 2.06. The molecule has 4 nitrogen and oxygen atoms in total. The van der Waals surface area contributed by atoms with Gasteiger partial charge in [-0.15, -0.1) is 0 Å². The van der Waals surface area contributed by atoms with Crippen LogP contribution < -0.4 is 0 Å². The fraction of sp³-hybridized carbons (Fsp3) is 0.333. The predicted molar refractivity (Wildman–Crippen MR) is 71.0 cm³/mol. The highest BCUT2D eigenvalue weighted by Gasteiger charge is 2.06. The number of benzene rings is 1. The van der Waals surface area contributed by atoms with Crippen LogP contribution in [0.15, 0.2) is 34.9 Å². The Bertz CT molecular complexity index is 543. The zero-order chi connectivity index (χ0) is 13.7. The van der Waals surface area contributed by atoms with Gasteiger partial charge in [-0.1, -0.05) is 29.8 Å². The summed E-state index contributed by atoms with van der Waals surface area (Å²) >= 11 is 0. The molecule has 0 radical (unpaired) electrons. The maximum absolute atomic E-state index is 10.5. The summed E-state index contributed by atoms with van der Waals surface area (Å²) in [7, 11) is 0. The number of rotatable bonds is 6. The van der Waals surface area contributed by atoms with Crippen LogP contribution in [0.3, 0.4) is 0 Å². The van der Waals surface area contributed by atoms with Crippen molar-refractivity contribution < 1.29 is 14.3 Å². The maximum Gasteiger partial charge on any atom is 0.303 e. The van der Waals surface area contributed by atoms with Gasteiger partial charge >= 0.3 is 5.97 Å². The number of carbonyl (C=O) groups is 1. The quantitative estimate of drug-likeness (QED) is 0.866. The van der Waals surface area contributed by atoms with E-state index in [0.29, 0.717) is 18.1 Å². The van der Waals surface area contributed by atoms with E-state index in [9.17, 15) is 4.79 Å². The lowest BCUT2D eigenvalue weighted by atomic mass is 10.1. The van der Waals surface area contributed by atoms with Crippen molar-refractivity contribution in [3.05, 3.63) is 53.2 Å². The van der Waals surface area contributed by atoms with Crippen LogP contribution in [0.2, 0.25) is 0 Å². The highest BCUT2D eigenvalue weighted by Crippen LogP contribution is 2.11. The lowest BCUT2D eigenvalue weighted by Gasteiger charge is -1.99. The van der Waals surface area contributed by atoms with E-state index in [0.717, 1.165) is 12.8 Å². The van der Waals surface area contributed by atoms with Gasteiger partial charge in [0.05, 0.1) is 12.6 Å². The first-order valence-electron chi connectivity index (χ1n) is 6.34. The zero-order valence-corrected chi connectivity index (χ0v) is 10.9. The number of aliphatic carboxylic acids is 1.